The molecule has 0 aromatic heterocycles. The Hall–Kier alpha value is -1.16. The molecule has 0 unspecified atom stereocenters. The van der Waals surface area contributed by atoms with Crippen LogP contribution in [-0.4, -0.2) is 17.6 Å². The molecule has 0 aliphatic heterocycles. The summed E-state index contributed by atoms with van der Waals surface area (Å²) in [7, 11) is 0. The summed E-state index contributed by atoms with van der Waals surface area (Å²) in [5.41, 5.74) is 5.73. The second-order valence-electron chi connectivity index (χ2n) is 2.39. The van der Waals surface area contributed by atoms with Crippen LogP contribution in [0.2, 0.25) is 0 Å². The minimum atomic E-state index is -0.752. The Balaban J connectivity index is 2.40. The van der Waals surface area contributed by atoms with Crippen molar-refractivity contribution in [3.63, 3.8) is 0 Å². The van der Waals surface area contributed by atoms with Gasteiger partial charge in [-0.1, -0.05) is 24.4 Å². The Labute approximate surface area is 75.9 Å². The molecular formula is C8H9NO2S. The number of carbonyl (C=O) groups is 1. The van der Waals surface area contributed by atoms with E-state index >= 15 is 0 Å². The van der Waals surface area contributed by atoms with E-state index in [-0.39, 0.29) is 6.61 Å². The first kappa shape index (κ1) is 8.93. The Kier molecular flexibility index (Phi) is 2.99. The molecule has 12 heavy (non-hydrogen) atoms. The molecule has 1 amide bonds. The maximum Gasteiger partial charge on any atom is 0.404 e. The normalized spacial score (nSPS) is 15.7. The lowest BCUT2D eigenvalue weighted by Crippen LogP contribution is -2.15. The van der Waals surface area contributed by atoms with E-state index < -0.39 is 6.09 Å². The number of thiocarbonyl (C=S) groups is 1. The first-order valence-corrected chi connectivity index (χ1v) is 3.91. The molecule has 3 nitrogen and oxygen atoms in total. The molecule has 0 fully saturated rings. The first-order valence-electron chi connectivity index (χ1n) is 3.50. The van der Waals surface area contributed by atoms with Crippen molar-refractivity contribution in [2.75, 3.05) is 6.61 Å². The van der Waals surface area contributed by atoms with Crippen LogP contribution >= 0.6 is 12.2 Å². The lowest BCUT2D eigenvalue weighted by Gasteiger charge is -2.06. The second-order valence-corrected chi connectivity index (χ2v) is 2.91. The van der Waals surface area contributed by atoms with Crippen LogP contribution < -0.4 is 5.73 Å². The minimum absolute atomic E-state index is 0.231. The molecule has 0 saturated heterocycles. The third-order valence-electron chi connectivity index (χ3n) is 1.43. The number of hydrogen-bond donors (Lipinski definition) is 1. The summed E-state index contributed by atoms with van der Waals surface area (Å²) in [6.07, 6.45) is 5.57. The standard InChI is InChI=1S/C8H9NO2S/c9-8(10)11-5-6-1-3-7(12)4-2-6/h1-3H,4-5H2,(H2,9,10). The molecule has 0 bridgehead atoms. The zero-order valence-electron chi connectivity index (χ0n) is 6.45. The van der Waals surface area contributed by atoms with E-state index in [1.54, 1.807) is 0 Å². The average molecular weight is 183 g/mol. The molecule has 0 atom stereocenters. The number of ether oxygens (including phenoxy) is 1. The molecule has 0 heterocycles. The van der Waals surface area contributed by atoms with Gasteiger partial charge < -0.3 is 10.5 Å². The van der Waals surface area contributed by atoms with Gasteiger partial charge in [-0.15, -0.1) is 0 Å². The number of hydrogen-bond acceptors (Lipinski definition) is 3. The predicted molar refractivity (Wildman–Crippen MR) is 50.0 cm³/mol. The van der Waals surface area contributed by atoms with E-state index in [0.717, 1.165) is 16.9 Å². The number of amides is 1. The fourth-order valence-corrected chi connectivity index (χ4v) is 0.981. The van der Waals surface area contributed by atoms with Gasteiger partial charge >= 0.3 is 6.09 Å². The van der Waals surface area contributed by atoms with Gasteiger partial charge in [-0.3, -0.25) is 0 Å². The second kappa shape index (κ2) is 4.01. The molecular weight excluding hydrogens is 174 g/mol. The summed E-state index contributed by atoms with van der Waals surface area (Å²) in [5, 5.41) is 0. The smallest absolute Gasteiger partial charge is 0.404 e. The number of nitrogens with two attached hydrogens (primary N) is 1. The summed E-state index contributed by atoms with van der Waals surface area (Å²) >= 11 is 4.93. The number of carbonyl (C=O) groups excluding carboxylic acids is 1. The maximum absolute atomic E-state index is 10.2. The Bertz CT molecular complexity index is 268. The van der Waals surface area contributed by atoms with Gasteiger partial charge in [0.25, 0.3) is 0 Å². The van der Waals surface area contributed by atoms with E-state index in [0.29, 0.717) is 0 Å². The molecule has 0 aromatic carbocycles. The van der Waals surface area contributed by atoms with Crippen molar-refractivity contribution in [2.45, 2.75) is 6.42 Å². The highest BCUT2D eigenvalue weighted by Gasteiger charge is 2.02. The molecule has 0 saturated carbocycles. The molecule has 1 aliphatic carbocycles. The maximum atomic E-state index is 10.2. The number of primary amides is 1. The molecule has 0 radical (unpaired) electrons. The topological polar surface area (TPSA) is 52.3 Å². The van der Waals surface area contributed by atoms with E-state index in [1.807, 2.05) is 18.2 Å². The highest BCUT2D eigenvalue weighted by Crippen LogP contribution is 2.08. The molecule has 0 aromatic rings. The van der Waals surface area contributed by atoms with Gasteiger partial charge in [0.05, 0.1) is 0 Å². The van der Waals surface area contributed by atoms with Crippen LogP contribution in [0.5, 0.6) is 0 Å². The number of allylic oxidation sites excluding steroid dienone is 2. The van der Waals surface area contributed by atoms with Gasteiger partial charge in [0.2, 0.25) is 0 Å². The van der Waals surface area contributed by atoms with Crippen LogP contribution in [0.1, 0.15) is 6.42 Å². The fraction of sp³-hybridized carbons (Fsp3) is 0.250. The zero-order chi connectivity index (χ0) is 8.97. The molecule has 0 spiro atoms. The summed E-state index contributed by atoms with van der Waals surface area (Å²) in [5.74, 6) is 0. The van der Waals surface area contributed by atoms with Gasteiger partial charge in [0.1, 0.15) is 6.61 Å². The van der Waals surface area contributed by atoms with Crippen LogP contribution in [0, 0.1) is 0 Å². The van der Waals surface area contributed by atoms with Gasteiger partial charge in [-0.2, -0.15) is 0 Å². The van der Waals surface area contributed by atoms with Crippen LogP contribution in [-0.2, 0) is 4.74 Å². The Morgan fingerprint density at radius 2 is 2.42 bits per heavy atom. The van der Waals surface area contributed by atoms with Crippen molar-refractivity contribution in [3.05, 3.63) is 23.8 Å². The van der Waals surface area contributed by atoms with Crippen molar-refractivity contribution < 1.29 is 9.53 Å². The van der Waals surface area contributed by atoms with Crippen molar-refractivity contribution >= 4 is 23.2 Å². The highest BCUT2D eigenvalue weighted by molar-refractivity contribution is 7.80. The largest absolute Gasteiger partial charge is 0.445 e. The monoisotopic (exact) mass is 183 g/mol. The summed E-state index contributed by atoms with van der Waals surface area (Å²) in [4.78, 5) is 11.1. The van der Waals surface area contributed by atoms with Crippen molar-refractivity contribution in [2.24, 2.45) is 5.73 Å². The molecule has 4 heteroatoms. The van der Waals surface area contributed by atoms with Crippen LogP contribution in [0.15, 0.2) is 23.8 Å². The molecule has 64 valence electrons. The summed E-state index contributed by atoms with van der Waals surface area (Å²) in [6, 6.07) is 0. The van der Waals surface area contributed by atoms with E-state index in [9.17, 15) is 4.79 Å². The summed E-state index contributed by atoms with van der Waals surface area (Å²) < 4.78 is 4.59. The van der Waals surface area contributed by atoms with Crippen LogP contribution in [0.3, 0.4) is 0 Å². The molecule has 1 aliphatic rings. The van der Waals surface area contributed by atoms with Crippen molar-refractivity contribution in [1.82, 2.24) is 0 Å². The highest BCUT2D eigenvalue weighted by atomic mass is 32.1. The van der Waals surface area contributed by atoms with Gasteiger partial charge in [-0.05, 0) is 11.6 Å². The average Bonchev–Trinajstić information content (AvgIpc) is 2.03. The Morgan fingerprint density at radius 3 is 2.92 bits per heavy atom. The predicted octanol–water partition coefficient (Wildman–Crippen LogP) is 1.34. The van der Waals surface area contributed by atoms with Crippen molar-refractivity contribution in [1.29, 1.82) is 0 Å². The van der Waals surface area contributed by atoms with E-state index in [1.165, 1.54) is 0 Å². The van der Waals surface area contributed by atoms with E-state index in [2.05, 4.69) is 4.74 Å². The quantitative estimate of drug-likeness (QED) is 0.657. The van der Waals surface area contributed by atoms with Gasteiger partial charge in [0.15, 0.2) is 0 Å². The zero-order valence-corrected chi connectivity index (χ0v) is 7.26. The third kappa shape index (κ3) is 2.84. The van der Waals surface area contributed by atoms with Crippen molar-refractivity contribution in [3.8, 4) is 0 Å². The van der Waals surface area contributed by atoms with Crippen LogP contribution in [0.25, 0.3) is 0 Å². The lowest BCUT2D eigenvalue weighted by atomic mass is 10.1. The van der Waals surface area contributed by atoms with Gasteiger partial charge in [0, 0.05) is 11.3 Å². The summed E-state index contributed by atoms with van der Waals surface area (Å²) in [6.45, 7) is 0.231. The number of rotatable bonds is 2. The lowest BCUT2D eigenvalue weighted by molar-refractivity contribution is 0.167. The van der Waals surface area contributed by atoms with E-state index in [4.69, 9.17) is 18.0 Å². The SMILES string of the molecule is NC(=O)OCC1=CCC(=S)C=C1. The molecule has 1 rings (SSSR count). The van der Waals surface area contributed by atoms with Gasteiger partial charge in [-0.25, -0.2) is 4.79 Å². The first-order chi connectivity index (χ1) is 5.68. The minimum Gasteiger partial charge on any atom is -0.445 e. The molecule has 2 N–H and O–H groups in total. The third-order valence-corrected chi connectivity index (χ3v) is 1.73. The Morgan fingerprint density at radius 1 is 1.67 bits per heavy atom. The van der Waals surface area contributed by atoms with Crippen LogP contribution in [0.4, 0.5) is 4.79 Å². The fourth-order valence-electron chi connectivity index (χ4n) is 0.829.